The summed E-state index contributed by atoms with van der Waals surface area (Å²) in [4.78, 5) is 22.4. The SMILES string of the molecule is CC(C)OC(=O)NS(=O)(=O)NC1(C(=O)O)CCCC1. The molecule has 1 rings (SSSR count). The molecular formula is C10H18N2O6S. The number of hydrogen-bond donors (Lipinski definition) is 3. The molecule has 1 saturated carbocycles. The Hall–Kier alpha value is -1.35. The van der Waals surface area contributed by atoms with Gasteiger partial charge >= 0.3 is 22.3 Å². The summed E-state index contributed by atoms with van der Waals surface area (Å²) in [6.45, 7) is 3.13. The van der Waals surface area contributed by atoms with Gasteiger partial charge in [0.2, 0.25) is 0 Å². The van der Waals surface area contributed by atoms with Crippen molar-refractivity contribution in [3.8, 4) is 0 Å². The number of nitrogens with one attached hydrogen (secondary N) is 2. The maximum absolute atomic E-state index is 11.7. The number of amides is 1. The summed E-state index contributed by atoms with van der Waals surface area (Å²) in [7, 11) is -4.27. The summed E-state index contributed by atoms with van der Waals surface area (Å²) in [5.41, 5.74) is -1.54. The molecule has 1 aliphatic carbocycles. The zero-order valence-corrected chi connectivity index (χ0v) is 11.6. The summed E-state index contributed by atoms with van der Waals surface area (Å²) in [6, 6.07) is 0. The maximum atomic E-state index is 11.7. The fourth-order valence-corrected chi connectivity index (χ4v) is 3.09. The number of ether oxygens (including phenoxy) is 1. The van der Waals surface area contributed by atoms with Gasteiger partial charge in [0.15, 0.2) is 0 Å². The molecule has 1 fully saturated rings. The molecule has 9 heteroatoms. The second kappa shape index (κ2) is 5.74. The van der Waals surface area contributed by atoms with Crippen LogP contribution in [0.3, 0.4) is 0 Å². The van der Waals surface area contributed by atoms with Crippen LogP contribution >= 0.6 is 0 Å². The number of aliphatic carboxylic acids is 1. The predicted octanol–water partition coefficient (Wildman–Crippen LogP) is 0.353. The summed E-state index contributed by atoms with van der Waals surface area (Å²) < 4.78 is 31.7. The van der Waals surface area contributed by atoms with Gasteiger partial charge in [-0.1, -0.05) is 12.8 Å². The van der Waals surface area contributed by atoms with Gasteiger partial charge in [0, 0.05) is 0 Å². The van der Waals surface area contributed by atoms with E-state index in [0.717, 1.165) is 0 Å². The van der Waals surface area contributed by atoms with Gasteiger partial charge in [-0.15, -0.1) is 0 Å². The monoisotopic (exact) mass is 294 g/mol. The molecule has 0 aromatic rings. The van der Waals surface area contributed by atoms with Crippen molar-refractivity contribution in [3.05, 3.63) is 0 Å². The molecule has 0 heterocycles. The summed E-state index contributed by atoms with van der Waals surface area (Å²) in [5.74, 6) is -1.24. The van der Waals surface area contributed by atoms with Crippen LogP contribution in [0.1, 0.15) is 39.5 Å². The van der Waals surface area contributed by atoms with Crippen molar-refractivity contribution in [1.29, 1.82) is 0 Å². The van der Waals surface area contributed by atoms with Crippen molar-refractivity contribution in [1.82, 2.24) is 9.44 Å². The molecule has 1 aliphatic rings. The molecule has 0 aliphatic heterocycles. The van der Waals surface area contributed by atoms with Gasteiger partial charge in [0.25, 0.3) is 0 Å². The molecule has 110 valence electrons. The molecule has 1 amide bonds. The van der Waals surface area contributed by atoms with E-state index in [1.54, 1.807) is 18.6 Å². The average Bonchev–Trinajstić information content (AvgIpc) is 2.63. The first kappa shape index (κ1) is 15.7. The van der Waals surface area contributed by atoms with E-state index in [-0.39, 0.29) is 12.8 Å². The molecule has 0 radical (unpaired) electrons. The average molecular weight is 294 g/mol. The molecule has 3 N–H and O–H groups in total. The Morgan fingerprint density at radius 1 is 1.26 bits per heavy atom. The van der Waals surface area contributed by atoms with Crippen LogP contribution in [0.4, 0.5) is 4.79 Å². The lowest BCUT2D eigenvalue weighted by Gasteiger charge is -2.24. The van der Waals surface area contributed by atoms with Crippen molar-refractivity contribution in [2.75, 3.05) is 0 Å². The van der Waals surface area contributed by atoms with Crippen molar-refractivity contribution >= 4 is 22.3 Å². The highest BCUT2D eigenvalue weighted by atomic mass is 32.2. The third-order valence-corrected chi connectivity index (χ3v) is 3.85. The van der Waals surface area contributed by atoms with E-state index in [1.807, 2.05) is 4.72 Å². The van der Waals surface area contributed by atoms with Crippen LogP contribution in [0.15, 0.2) is 0 Å². The Labute approximate surface area is 111 Å². The molecule has 0 saturated heterocycles. The quantitative estimate of drug-likeness (QED) is 0.672. The van der Waals surface area contributed by atoms with Crippen molar-refractivity contribution in [2.45, 2.75) is 51.2 Å². The molecule has 0 unspecified atom stereocenters. The number of carbonyl (C=O) groups is 2. The van der Waals surface area contributed by atoms with Gasteiger partial charge in [-0.3, -0.25) is 4.79 Å². The Bertz CT molecular complexity index is 453. The number of carboxylic acids is 1. The van der Waals surface area contributed by atoms with Crippen molar-refractivity contribution < 1.29 is 27.9 Å². The predicted molar refractivity (Wildman–Crippen MR) is 65.6 cm³/mol. The van der Waals surface area contributed by atoms with E-state index in [4.69, 9.17) is 5.11 Å². The maximum Gasteiger partial charge on any atom is 0.422 e. The lowest BCUT2D eigenvalue weighted by atomic mass is 10.0. The molecule has 0 atom stereocenters. The molecule has 0 aromatic carbocycles. The molecule has 0 spiro atoms. The summed E-state index contributed by atoms with van der Waals surface area (Å²) in [6.07, 6.45) is 0.0118. The zero-order chi connectivity index (χ0) is 14.7. The Morgan fingerprint density at radius 2 is 1.79 bits per heavy atom. The number of hydrogen-bond acceptors (Lipinski definition) is 5. The van der Waals surface area contributed by atoms with Gasteiger partial charge in [-0.25, -0.2) is 9.52 Å². The van der Waals surface area contributed by atoms with Gasteiger partial charge in [0.1, 0.15) is 5.54 Å². The second-order valence-electron chi connectivity index (χ2n) is 4.76. The van der Waals surface area contributed by atoms with E-state index in [9.17, 15) is 18.0 Å². The van der Waals surface area contributed by atoms with Gasteiger partial charge in [-0.05, 0) is 26.7 Å². The van der Waals surface area contributed by atoms with Gasteiger partial charge in [-0.2, -0.15) is 13.1 Å². The highest BCUT2D eigenvalue weighted by molar-refractivity contribution is 7.88. The van der Waals surface area contributed by atoms with Crippen LogP contribution in [0, 0.1) is 0 Å². The minimum atomic E-state index is -4.27. The summed E-state index contributed by atoms with van der Waals surface area (Å²) in [5, 5.41) is 9.14. The zero-order valence-electron chi connectivity index (χ0n) is 10.8. The smallest absolute Gasteiger partial charge is 0.422 e. The van der Waals surface area contributed by atoms with E-state index >= 15 is 0 Å². The van der Waals surface area contributed by atoms with Crippen LogP contribution in [-0.4, -0.2) is 37.2 Å². The van der Waals surface area contributed by atoms with E-state index in [0.29, 0.717) is 12.8 Å². The fraction of sp³-hybridized carbons (Fsp3) is 0.800. The highest BCUT2D eigenvalue weighted by Crippen LogP contribution is 2.30. The molecule has 0 bridgehead atoms. The third-order valence-electron chi connectivity index (χ3n) is 2.76. The minimum absolute atomic E-state index is 0.197. The molecule has 0 aromatic heterocycles. The van der Waals surface area contributed by atoms with Crippen LogP contribution in [-0.2, 0) is 19.7 Å². The standard InChI is InChI=1S/C10H18N2O6S/c1-7(2)18-9(15)11-19(16,17)12-10(8(13)14)5-3-4-6-10/h7,12H,3-6H2,1-2H3,(H,11,15)(H,13,14). The van der Waals surface area contributed by atoms with Crippen LogP contribution in [0.2, 0.25) is 0 Å². The first-order valence-corrected chi connectivity index (χ1v) is 7.41. The van der Waals surface area contributed by atoms with Gasteiger partial charge < -0.3 is 9.84 Å². The number of carbonyl (C=O) groups excluding carboxylic acids is 1. The van der Waals surface area contributed by atoms with Crippen molar-refractivity contribution in [2.24, 2.45) is 0 Å². The second-order valence-corrected chi connectivity index (χ2v) is 6.17. The number of rotatable bonds is 5. The first-order valence-electron chi connectivity index (χ1n) is 5.93. The molecular weight excluding hydrogens is 276 g/mol. The van der Waals surface area contributed by atoms with E-state index < -0.39 is 33.9 Å². The normalized spacial score (nSPS) is 18.3. The number of carboxylic acid groups (broad SMARTS) is 1. The molecule has 8 nitrogen and oxygen atoms in total. The van der Waals surface area contributed by atoms with Crippen LogP contribution in [0.5, 0.6) is 0 Å². The largest absolute Gasteiger partial charge is 0.480 e. The Morgan fingerprint density at radius 3 is 2.21 bits per heavy atom. The van der Waals surface area contributed by atoms with Gasteiger partial charge in [0.05, 0.1) is 6.10 Å². The van der Waals surface area contributed by atoms with Crippen LogP contribution < -0.4 is 9.44 Å². The van der Waals surface area contributed by atoms with E-state index in [2.05, 4.69) is 4.74 Å². The summed E-state index contributed by atoms with van der Waals surface area (Å²) >= 11 is 0. The van der Waals surface area contributed by atoms with Crippen molar-refractivity contribution in [3.63, 3.8) is 0 Å². The highest BCUT2D eigenvalue weighted by Gasteiger charge is 2.44. The Kier molecular flexibility index (Phi) is 4.75. The Balaban J connectivity index is 2.73. The minimum Gasteiger partial charge on any atom is -0.480 e. The first-order chi connectivity index (χ1) is 8.67. The fourth-order valence-electron chi connectivity index (χ4n) is 1.97. The lowest BCUT2D eigenvalue weighted by molar-refractivity contribution is -0.143. The van der Waals surface area contributed by atoms with E-state index in [1.165, 1.54) is 0 Å². The lowest BCUT2D eigenvalue weighted by Crippen LogP contribution is -2.56. The van der Waals surface area contributed by atoms with Crippen LogP contribution in [0.25, 0.3) is 0 Å². The molecule has 19 heavy (non-hydrogen) atoms. The topological polar surface area (TPSA) is 122 Å². The third kappa shape index (κ3) is 4.35.